The number of hydrogen-bond acceptors (Lipinski definition) is 7. The molecule has 3 N–H and O–H groups in total. The molecule has 1 aliphatic carbocycles. The Morgan fingerprint density at radius 3 is 2.67 bits per heavy atom. The van der Waals surface area contributed by atoms with Gasteiger partial charge in [0.1, 0.15) is 16.8 Å². The number of H-pyrrole nitrogens is 1. The van der Waals surface area contributed by atoms with Crippen LogP contribution in [0.4, 0.5) is 10.6 Å². The summed E-state index contributed by atoms with van der Waals surface area (Å²) in [5, 5.41) is 17.7. The monoisotopic (exact) mass is 479 g/mol. The molecule has 2 aromatic heterocycles. The highest BCUT2D eigenvalue weighted by Gasteiger charge is 2.32. The first-order valence-corrected chi connectivity index (χ1v) is 12.9. The van der Waals surface area contributed by atoms with Gasteiger partial charge in [-0.05, 0) is 46.0 Å². The number of alkyl carbamates (subject to hydrolysis) is 1. The lowest BCUT2D eigenvalue weighted by Crippen LogP contribution is -2.42. The van der Waals surface area contributed by atoms with Crippen LogP contribution in [-0.4, -0.2) is 70.1 Å². The molecule has 1 aliphatic heterocycles. The molecule has 11 nitrogen and oxygen atoms in total. The molecule has 0 aromatic carbocycles. The average Bonchev–Trinajstić information content (AvgIpc) is 3.49. The summed E-state index contributed by atoms with van der Waals surface area (Å²) >= 11 is 0. The quantitative estimate of drug-likeness (QED) is 0.554. The second-order valence-electron chi connectivity index (χ2n) is 9.22. The molecule has 1 saturated heterocycles. The van der Waals surface area contributed by atoms with Crippen molar-refractivity contribution < 1.29 is 17.9 Å². The molecule has 0 spiro atoms. The fourth-order valence-electron chi connectivity index (χ4n) is 4.50. The van der Waals surface area contributed by atoms with E-state index in [1.165, 1.54) is 21.4 Å². The molecular weight excluding hydrogens is 446 g/mol. The first-order chi connectivity index (χ1) is 15.7. The standard InChI is InChI=1S/C21H33N7O4S/c1-14(2)23-21(29)32-17-5-4-15(10-17)19-11-20(26-25-19)24-16-6-8-28(9-7-16)33(30,31)18-12-22-27(3)13-18/h11-17H,4-10H2,1-3H3,(H,23,29)(H2,24,25,26)/t15-,17+/m1/s1. The van der Waals surface area contributed by atoms with Crippen molar-refractivity contribution in [3.63, 3.8) is 0 Å². The third-order valence-corrected chi connectivity index (χ3v) is 8.08. The Labute approximate surface area is 194 Å². The zero-order valence-electron chi connectivity index (χ0n) is 19.3. The minimum absolute atomic E-state index is 0.0539. The normalized spacial score (nSPS) is 22.5. The molecule has 2 fully saturated rings. The number of carbonyl (C=O) groups is 1. The van der Waals surface area contributed by atoms with Crippen LogP contribution in [0.1, 0.15) is 57.6 Å². The van der Waals surface area contributed by atoms with E-state index in [2.05, 4.69) is 25.9 Å². The third kappa shape index (κ3) is 5.67. The highest BCUT2D eigenvalue weighted by atomic mass is 32.2. The minimum atomic E-state index is -3.51. The molecule has 1 amide bonds. The number of rotatable bonds is 7. The van der Waals surface area contributed by atoms with Crippen LogP contribution in [0.15, 0.2) is 23.4 Å². The molecule has 4 rings (SSSR count). The van der Waals surface area contributed by atoms with E-state index < -0.39 is 10.0 Å². The van der Waals surface area contributed by atoms with Gasteiger partial charge in [-0.3, -0.25) is 9.78 Å². The van der Waals surface area contributed by atoms with Crippen LogP contribution < -0.4 is 10.6 Å². The van der Waals surface area contributed by atoms with Gasteiger partial charge >= 0.3 is 6.09 Å². The number of hydrogen-bond donors (Lipinski definition) is 3. The number of aryl methyl sites for hydroxylation is 1. The molecule has 1 saturated carbocycles. The van der Waals surface area contributed by atoms with E-state index in [0.29, 0.717) is 25.9 Å². The summed E-state index contributed by atoms with van der Waals surface area (Å²) in [5.74, 6) is 1.04. The van der Waals surface area contributed by atoms with Crippen LogP contribution in [-0.2, 0) is 21.8 Å². The Kier molecular flexibility index (Phi) is 6.94. The maximum Gasteiger partial charge on any atom is 0.407 e. The van der Waals surface area contributed by atoms with Crippen LogP contribution in [0, 0.1) is 0 Å². The van der Waals surface area contributed by atoms with Crippen molar-refractivity contribution >= 4 is 21.9 Å². The van der Waals surface area contributed by atoms with Crippen LogP contribution in [0.3, 0.4) is 0 Å². The number of aromatic amines is 1. The molecule has 3 heterocycles. The van der Waals surface area contributed by atoms with Gasteiger partial charge in [0.25, 0.3) is 0 Å². The van der Waals surface area contributed by atoms with Gasteiger partial charge in [-0.2, -0.15) is 14.5 Å². The first-order valence-electron chi connectivity index (χ1n) is 11.5. The summed E-state index contributed by atoms with van der Waals surface area (Å²) in [6.07, 6.45) is 6.42. The first kappa shape index (κ1) is 23.6. The molecule has 182 valence electrons. The molecule has 33 heavy (non-hydrogen) atoms. The summed E-state index contributed by atoms with van der Waals surface area (Å²) in [6, 6.07) is 2.22. The number of ether oxygens (including phenoxy) is 1. The fraction of sp³-hybridized carbons (Fsp3) is 0.667. The zero-order valence-corrected chi connectivity index (χ0v) is 20.1. The fourth-order valence-corrected chi connectivity index (χ4v) is 5.96. The van der Waals surface area contributed by atoms with Crippen LogP contribution in [0.25, 0.3) is 0 Å². The molecule has 12 heteroatoms. The summed E-state index contributed by atoms with van der Waals surface area (Å²) in [7, 11) is -1.80. The van der Waals surface area contributed by atoms with Crippen molar-refractivity contribution in [1.29, 1.82) is 0 Å². The second-order valence-corrected chi connectivity index (χ2v) is 11.2. The van der Waals surface area contributed by atoms with E-state index in [1.54, 1.807) is 7.05 Å². The molecule has 0 bridgehead atoms. The van der Waals surface area contributed by atoms with Gasteiger partial charge in [0.05, 0.1) is 6.20 Å². The van der Waals surface area contributed by atoms with Gasteiger partial charge in [-0.25, -0.2) is 13.2 Å². The van der Waals surface area contributed by atoms with Crippen molar-refractivity contribution in [2.24, 2.45) is 7.05 Å². The van der Waals surface area contributed by atoms with Gasteiger partial charge in [0.15, 0.2) is 0 Å². The highest BCUT2D eigenvalue weighted by Crippen LogP contribution is 2.36. The lowest BCUT2D eigenvalue weighted by atomic mass is 10.0. The molecular formula is C21H33N7O4S. The van der Waals surface area contributed by atoms with Crippen molar-refractivity contribution in [1.82, 2.24) is 29.6 Å². The van der Waals surface area contributed by atoms with E-state index >= 15 is 0 Å². The average molecular weight is 480 g/mol. The lowest BCUT2D eigenvalue weighted by molar-refractivity contribution is 0.0981. The van der Waals surface area contributed by atoms with Gasteiger partial charge in [-0.15, -0.1) is 0 Å². The lowest BCUT2D eigenvalue weighted by Gasteiger charge is -2.31. The third-order valence-electron chi connectivity index (χ3n) is 6.23. The minimum Gasteiger partial charge on any atom is -0.446 e. The predicted octanol–water partition coefficient (Wildman–Crippen LogP) is 2.18. The Hall–Kier alpha value is -2.60. The maximum absolute atomic E-state index is 12.8. The number of anilines is 1. The number of carbonyl (C=O) groups excluding carboxylic acids is 1. The van der Waals surface area contributed by atoms with Gasteiger partial charge in [-0.1, -0.05) is 0 Å². The number of nitrogens with zero attached hydrogens (tertiary/aromatic N) is 4. The number of sulfonamides is 1. The molecule has 2 aliphatic rings. The molecule has 0 radical (unpaired) electrons. The summed E-state index contributed by atoms with van der Waals surface area (Å²) < 4.78 is 34.1. The van der Waals surface area contributed by atoms with Crippen LogP contribution in [0.5, 0.6) is 0 Å². The van der Waals surface area contributed by atoms with Crippen molar-refractivity contribution in [3.8, 4) is 0 Å². The van der Waals surface area contributed by atoms with Crippen LogP contribution in [0.2, 0.25) is 0 Å². The molecule has 0 unspecified atom stereocenters. The largest absolute Gasteiger partial charge is 0.446 e. The molecule has 2 atom stereocenters. The van der Waals surface area contributed by atoms with E-state index in [9.17, 15) is 13.2 Å². The number of nitrogens with one attached hydrogen (secondary N) is 3. The maximum atomic E-state index is 12.8. The van der Waals surface area contributed by atoms with Gasteiger partial charge in [0, 0.05) is 56.1 Å². The SMILES string of the molecule is CC(C)NC(=O)O[C@H]1CC[C@@H](c2cc(NC3CCN(S(=O)(=O)c4cnn(C)c4)CC3)n[nH]2)C1. The summed E-state index contributed by atoms with van der Waals surface area (Å²) in [4.78, 5) is 12.1. The number of piperidine rings is 1. The van der Waals surface area contributed by atoms with Gasteiger partial charge < -0.3 is 15.4 Å². The van der Waals surface area contributed by atoms with E-state index in [0.717, 1.165) is 30.8 Å². The van der Waals surface area contributed by atoms with Crippen LogP contribution >= 0.6 is 0 Å². The summed E-state index contributed by atoms with van der Waals surface area (Å²) in [6.45, 7) is 4.71. The Morgan fingerprint density at radius 1 is 1.24 bits per heavy atom. The topological polar surface area (TPSA) is 134 Å². The Balaban J connectivity index is 1.26. The Morgan fingerprint density at radius 2 is 2.00 bits per heavy atom. The van der Waals surface area contributed by atoms with Crippen molar-refractivity contribution in [3.05, 3.63) is 24.2 Å². The van der Waals surface area contributed by atoms with E-state index in [-0.39, 0.29) is 35.1 Å². The summed E-state index contributed by atoms with van der Waals surface area (Å²) in [5.41, 5.74) is 1.03. The van der Waals surface area contributed by atoms with Crippen molar-refractivity contribution in [2.45, 2.75) is 75.0 Å². The second kappa shape index (κ2) is 9.72. The Bertz CT molecular complexity index is 1060. The number of amides is 1. The van der Waals surface area contributed by atoms with E-state index in [1.807, 2.05) is 19.9 Å². The number of aromatic nitrogens is 4. The zero-order chi connectivity index (χ0) is 23.6. The smallest absolute Gasteiger partial charge is 0.407 e. The van der Waals surface area contributed by atoms with Crippen molar-refractivity contribution in [2.75, 3.05) is 18.4 Å². The molecule has 2 aromatic rings. The van der Waals surface area contributed by atoms with Gasteiger partial charge in [0.2, 0.25) is 10.0 Å². The highest BCUT2D eigenvalue weighted by molar-refractivity contribution is 7.89. The van der Waals surface area contributed by atoms with E-state index in [4.69, 9.17) is 4.74 Å². The predicted molar refractivity (Wildman–Crippen MR) is 122 cm³/mol.